The van der Waals surface area contributed by atoms with Crippen LogP contribution in [-0.2, 0) is 20.4 Å². The number of halogens is 1. The Morgan fingerprint density at radius 2 is 1.65 bits per heavy atom. The number of hydrogen-bond donors (Lipinski definition) is 4. The number of aromatic hydroxyl groups is 2. The molecular formula is C27H18IN3O7S2. The van der Waals surface area contributed by atoms with Crippen molar-refractivity contribution < 1.29 is 32.9 Å². The summed E-state index contributed by atoms with van der Waals surface area (Å²) in [6.45, 7) is 0. The number of sulfonamides is 1. The highest BCUT2D eigenvalue weighted by Crippen LogP contribution is 2.60. The Morgan fingerprint density at radius 3 is 2.35 bits per heavy atom. The molecule has 0 radical (unpaired) electrons. The molecule has 0 saturated carbocycles. The van der Waals surface area contributed by atoms with Crippen LogP contribution in [-0.4, -0.2) is 29.7 Å². The summed E-state index contributed by atoms with van der Waals surface area (Å²) in [5, 5.41) is 26.2. The van der Waals surface area contributed by atoms with Crippen molar-refractivity contribution in [1.82, 2.24) is 0 Å². The van der Waals surface area contributed by atoms with E-state index in [-0.39, 0.29) is 38.7 Å². The zero-order valence-electron chi connectivity index (χ0n) is 20.2. The Labute approximate surface area is 246 Å². The number of esters is 1. The maximum atomic E-state index is 13.3. The van der Waals surface area contributed by atoms with Gasteiger partial charge in [0.2, 0.25) is 10.0 Å². The van der Waals surface area contributed by atoms with Gasteiger partial charge in [-0.2, -0.15) is 0 Å². The molecule has 13 heteroatoms. The number of primary sulfonamides is 1. The number of thiocarbonyl (C=S) groups is 1. The minimum atomic E-state index is -3.99. The van der Waals surface area contributed by atoms with Gasteiger partial charge in [0, 0.05) is 32.9 Å². The summed E-state index contributed by atoms with van der Waals surface area (Å²) in [5.41, 5.74) is 6.81. The molecule has 202 valence electrons. The highest BCUT2D eigenvalue weighted by Gasteiger charge is 2.55. The summed E-state index contributed by atoms with van der Waals surface area (Å²) >= 11 is 7.38. The fourth-order valence-corrected chi connectivity index (χ4v) is 6.86. The van der Waals surface area contributed by atoms with Crippen LogP contribution >= 0.6 is 34.8 Å². The van der Waals surface area contributed by atoms with E-state index in [1.54, 1.807) is 30.3 Å². The molecule has 40 heavy (non-hydrogen) atoms. The summed E-state index contributed by atoms with van der Waals surface area (Å²) in [5.74, 6) is -0.555. The fourth-order valence-electron chi connectivity index (χ4n) is 5.15. The van der Waals surface area contributed by atoms with Gasteiger partial charge < -0.3 is 25.4 Å². The fraction of sp³-hybridized carbons (Fsp3) is 0.0370. The van der Waals surface area contributed by atoms with Crippen LogP contribution in [0, 0.1) is 3.57 Å². The number of phenols is 2. The van der Waals surface area contributed by atoms with Gasteiger partial charge in [-0.25, -0.2) is 18.4 Å². The summed E-state index contributed by atoms with van der Waals surface area (Å²) < 4.78 is 36.7. The third-order valence-electron chi connectivity index (χ3n) is 6.70. The van der Waals surface area contributed by atoms with Crippen molar-refractivity contribution >= 4 is 67.3 Å². The number of carbonyl (C=O) groups is 1. The Bertz CT molecular complexity index is 1900. The zero-order chi connectivity index (χ0) is 28.6. The van der Waals surface area contributed by atoms with Gasteiger partial charge in [-0.3, -0.25) is 4.90 Å². The van der Waals surface area contributed by atoms with Crippen molar-refractivity contribution in [2.75, 3.05) is 4.90 Å². The number of rotatable bonds is 3. The largest absolute Gasteiger partial charge is 0.508 e. The van der Waals surface area contributed by atoms with Crippen LogP contribution in [0.15, 0.2) is 77.7 Å². The summed E-state index contributed by atoms with van der Waals surface area (Å²) in [4.78, 5) is 14.6. The lowest BCUT2D eigenvalue weighted by atomic mass is 9.76. The van der Waals surface area contributed by atoms with Gasteiger partial charge in [-0.05, 0) is 71.2 Å². The molecule has 6 N–H and O–H groups in total. The van der Waals surface area contributed by atoms with Crippen molar-refractivity contribution in [2.45, 2.75) is 10.5 Å². The molecule has 1 atom stereocenters. The van der Waals surface area contributed by atoms with E-state index in [2.05, 4.69) is 0 Å². The lowest BCUT2D eigenvalue weighted by molar-refractivity contribution is 0.0226. The second-order valence-corrected chi connectivity index (χ2v) is 12.2. The van der Waals surface area contributed by atoms with Crippen LogP contribution in [0.3, 0.4) is 0 Å². The maximum Gasteiger partial charge on any atom is 0.340 e. The SMILES string of the molecule is NC(=S)N(c1ccc(S(N)(=O)=O)cc1I)c1cc(O)cc2c1C1(OC(=O)c3ccccc31)c1ccc(O)cc1O2. The van der Waals surface area contributed by atoms with Gasteiger partial charge in [0.1, 0.15) is 23.0 Å². The number of nitrogens with two attached hydrogens (primary N) is 2. The van der Waals surface area contributed by atoms with Crippen molar-refractivity contribution in [3.63, 3.8) is 0 Å². The monoisotopic (exact) mass is 687 g/mol. The number of ether oxygens (including phenoxy) is 2. The first-order chi connectivity index (χ1) is 18.9. The van der Waals surface area contributed by atoms with Crippen molar-refractivity contribution in [2.24, 2.45) is 10.9 Å². The number of nitrogens with zero attached hydrogens (tertiary/aromatic N) is 1. The quantitative estimate of drug-likeness (QED) is 0.139. The van der Waals surface area contributed by atoms with Crippen LogP contribution in [0.5, 0.6) is 23.0 Å². The Kier molecular flexibility index (Phi) is 5.96. The topological polar surface area (TPSA) is 165 Å². The molecule has 0 amide bonds. The molecule has 10 nitrogen and oxygen atoms in total. The minimum absolute atomic E-state index is 0.0791. The molecule has 0 saturated heterocycles. The molecule has 0 bridgehead atoms. The van der Waals surface area contributed by atoms with E-state index in [1.165, 1.54) is 47.4 Å². The molecule has 2 heterocycles. The smallest absolute Gasteiger partial charge is 0.340 e. The van der Waals surface area contributed by atoms with E-state index < -0.39 is 21.6 Å². The average Bonchev–Trinajstić information content (AvgIpc) is 3.16. The lowest BCUT2D eigenvalue weighted by Gasteiger charge is -2.40. The first-order valence-electron chi connectivity index (χ1n) is 11.6. The average molecular weight is 687 g/mol. The van der Waals surface area contributed by atoms with Crippen LogP contribution in [0.1, 0.15) is 27.0 Å². The molecule has 0 aromatic heterocycles. The molecular weight excluding hydrogens is 669 g/mol. The lowest BCUT2D eigenvalue weighted by Crippen LogP contribution is -2.38. The Morgan fingerprint density at radius 1 is 0.925 bits per heavy atom. The van der Waals surface area contributed by atoms with E-state index in [0.717, 1.165) is 0 Å². The number of carbonyl (C=O) groups excluding carboxylic acids is 1. The van der Waals surface area contributed by atoms with E-state index in [0.29, 0.717) is 31.5 Å². The molecule has 0 fully saturated rings. The van der Waals surface area contributed by atoms with Gasteiger partial charge in [0.15, 0.2) is 10.7 Å². The summed E-state index contributed by atoms with van der Waals surface area (Å²) in [6, 6.07) is 18.2. The standard InChI is InChI=1S/C27H18IN3O7S2/c28-19-12-15(40(30,35)36)6-8-20(19)31(26(29)39)21-9-14(33)11-23-24(21)27(18-7-5-13(32)10-22(18)37-23)17-4-2-1-3-16(17)25(34)38-27/h1-12,32-33H,(H2,29,39)(H2,30,35,36). The van der Waals surface area contributed by atoms with E-state index in [4.69, 9.17) is 32.6 Å². The molecule has 1 spiro atoms. The first-order valence-corrected chi connectivity index (χ1v) is 14.6. The van der Waals surface area contributed by atoms with Crippen LogP contribution in [0.2, 0.25) is 0 Å². The predicted octanol–water partition coefficient (Wildman–Crippen LogP) is 4.30. The number of fused-ring (bicyclic) bond motifs is 6. The highest BCUT2D eigenvalue weighted by atomic mass is 127. The second kappa shape index (κ2) is 9.05. The predicted molar refractivity (Wildman–Crippen MR) is 157 cm³/mol. The first kappa shape index (κ1) is 26.3. The maximum absolute atomic E-state index is 13.3. The van der Waals surface area contributed by atoms with Gasteiger partial charge in [0.05, 0.1) is 27.4 Å². The number of benzene rings is 4. The third-order valence-corrected chi connectivity index (χ3v) is 8.66. The van der Waals surface area contributed by atoms with E-state index in [1.807, 2.05) is 22.6 Å². The van der Waals surface area contributed by atoms with Crippen molar-refractivity contribution in [1.29, 1.82) is 0 Å². The van der Waals surface area contributed by atoms with Crippen LogP contribution in [0.4, 0.5) is 11.4 Å². The summed E-state index contributed by atoms with van der Waals surface area (Å²) in [6.07, 6.45) is 0. The normalized spacial score (nSPS) is 16.9. The molecule has 4 aromatic carbocycles. The van der Waals surface area contributed by atoms with Crippen LogP contribution in [0.25, 0.3) is 0 Å². The summed E-state index contributed by atoms with van der Waals surface area (Å²) in [7, 11) is -3.99. The molecule has 2 aliphatic heterocycles. The third kappa shape index (κ3) is 3.88. The van der Waals surface area contributed by atoms with Gasteiger partial charge in [0.25, 0.3) is 0 Å². The molecule has 1 unspecified atom stereocenters. The molecule has 6 rings (SSSR count). The van der Waals surface area contributed by atoms with E-state index in [9.17, 15) is 23.4 Å². The molecule has 2 aliphatic rings. The second-order valence-electron chi connectivity index (χ2n) is 9.07. The number of anilines is 2. The zero-order valence-corrected chi connectivity index (χ0v) is 24.0. The Balaban J connectivity index is 1.70. The minimum Gasteiger partial charge on any atom is -0.508 e. The molecule has 4 aromatic rings. The van der Waals surface area contributed by atoms with Gasteiger partial charge >= 0.3 is 5.97 Å². The van der Waals surface area contributed by atoms with Crippen LogP contribution < -0.4 is 20.5 Å². The van der Waals surface area contributed by atoms with Gasteiger partial charge in [-0.15, -0.1) is 0 Å². The van der Waals surface area contributed by atoms with Crippen molar-refractivity contribution in [3.8, 4) is 23.0 Å². The van der Waals surface area contributed by atoms with Gasteiger partial charge in [-0.1, -0.05) is 18.2 Å². The number of phenolic OH excluding ortho intramolecular Hbond substituents is 2. The van der Waals surface area contributed by atoms with Crippen molar-refractivity contribution in [3.05, 3.63) is 98.6 Å². The Hall–Kier alpha value is -3.92. The molecule has 0 aliphatic carbocycles. The van der Waals surface area contributed by atoms with E-state index >= 15 is 0 Å². The highest BCUT2D eigenvalue weighted by molar-refractivity contribution is 14.1. The number of hydrogen-bond acceptors (Lipinski definition) is 8.